The van der Waals surface area contributed by atoms with Gasteiger partial charge < -0.3 is 5.11 Å². The molecule has 0 atom stereocenters. The minimum absolute atomic E-state index is 0.0000411. The van der Waals surface area contributed by atoms with Crippen LogP contribution in [0.3, 0.4) is 0 Å². The van der Waals surface area contributed by atoms with Crippen LogP contribution in [0.15, 0.2) is 54.6 Å². The minimum Gasteiger partial charge on any atom is -0.392 e. The van der Waals surface area contributed by atoms with E-state index in [0.29, 0.717) is 16.6 Å². The van der Waals surface area contributed by atoms with Gasteiger partial charge in [-0.1, -0.05) is 42.5 Å². The average Bonchev–Trinajstić information content (AvgIpc) is 2.48. The van der Waals surface area contributed by atoms with Crippen molar-refractivity contribution in [2.24, 2.45) is 0 Å². The van der Waals surface area contributed by atoms with Crippen molar-refractivity contribution in [1.29, 1.82) is 0 Å². The Hall–Kier alpha value is -1.97. The number of Topliss-reactive ketones (excluding diaryl/α,β-unsaturated/α-hetero) is 1. The monoisotopic (exact) mass is 270 g/mol. The van der Waals surface area contributed by atoms with Crippen molar-refractivity contribution in [3.05, 3.63) is 65.7 Å². The molecule has 0 fully saturated rings. The number of hydrogen-bond donors (Lipinski definition) is 1. The number of nitrogens with zero attached hydrogens (tertiary/aromatic N) is 1. The second-order valence-corrected chi connectivity index (χ2v) is 5.46. The minimum atomic E-state index is 0.0000411. The Morgan fingerprint density at radius 2 is 1.60 bits per heavy atom. The van der Waals surface area contributed by atoms with Gasteiger partial charge in [0.1, 0.15) is 12.2 Å². The molecule has 3 nitrogen and oxygen atoms in total. The predicted octanol–water partition coefficient (Wildman–Crippen LogP) is 2.63. The Morgan fingerprint density at radius 1 is 1.00 bits per heavy atom. The third kappa shape index (κ3) is 3.32. The average molecular weight is 270 g/mol. The molecule has 2 rings (SSSR count). The molecule has 0 radical (unpaired) electrons. The topological polar surface area (TPSA) is 37.3 Å². The van der Waals surface area contributed by atoms with Crippen molar-refractivity contribution in [1.82, 2.24) is 4.48 Å². The van der Waals surface area contributed by atoms with E-state index in [4.69, 9.17) is 5.11 Å². The fourth-order valence-corrected chi connectivity index (χ4v) is 2.17. The molecule has 0 bridgehead atoms. The van der Waals surface area contributed by atoms with Crippen LogP contribution in [0, 0.1) is 0 Å². The van der Waals surface area contributed by atoms with Crippen LogP contribution in [0.4, 0.5) is 5.69 Å². The summed E-state index contributed by atoms with van der Waals surface area (Å²) in [5.74, 6) is 0.100. The first-order chi connectivity index (χ1) is 9.53. The van der Waals surface area contributed by atoms with Crippen LogP contribution in [-0.2, 0) is 6.61 Å². The predicted molar refractivity (Wildman–Crippen MR) is 81.6 cm³/mol. The smallest absolute Gasteiger partial charge is 0.217 e. The summed E-state index contributed by atoms with van der Waals surface area (Å²) in [4.78, 5) is 12.4. The van der Waals surface area contributed by atoms with Crippen LogP contribution >= 0.6 is 0 Å². The van der Waals surface area contributed by atoms with E-state index in [2.05, 4.69) is 0 Å². The van der Waals surface area contributed by atoms with E-state index in [9.17, 15) is 4.79 Å². The zero-order chi connectivity index (χ0) is 14.6. The highest BCUT2D eigenvalue weighted by Crippen LogP contribution is 2.19. The first kappa shape index (κ1) is 14.4. The molecule has 2 aromatic carbocycles. The number of carbonyl (C=O) groups excluding carboxylic acids is 1. The number of likely N-dealkylation sites (N-methyl/N-ethyl adjacent to an activating group) is 1. The number of aliphatic hydroxyl groups excluding tert-OH is 1. The highest BCUT2D eigenvalue weighted by atomic mass is 16.3. The van der Waals surface area contributed by atoms with Crippen molar-refractivity contribution in [2.75, 3.05) is 20.6 Å². The molecule has 0 aliphatic heterocycles. The molecule has 1 N–H and O–H groups in total. The lowest BCUT2D eigenvalue weighted by Gasteiger charge is -2.28. The Bertz CT molecular complexity index is 574. The molecule has 0 aliphatic rings. The molecular weight excluding hydrogens is 250 g/mol. The molecule has 2 aromatic rings. The molecule has 3 heteroatoms. The quantitative estimate of drug-likeness (QED) is 0.670. The second kappa shape index (κ2) is 5.99. The normalized spacial score (nSPS) is 11.3. The molecule has 20 heavy (non-hydrogen) atoms. The van der Waals surface area contributed by atoms with Crippen molar-refractivity contribution >= 4 is 11.5 Å². The fraction of sp³-hybridized carbons (Fsp3) is 0.235. The molecule has 0 aliphatic carbocycles. The fourth-order valence-electron chi connectivity index (χ4n) is 2.17. The van der Waals surface area contributed by atoms with E-state index < -0.39 is 0 Å². The highest BCUT2D eigenvalue weighted by Gasteiger charge is 2.23. The summed E-state index contributed by atoms with van der Waals surface area (Å²) in [6.45, 7) is 0.405. The number of quaternary nitrogens is 1. The van der Waals surface area contributed by atoms with Crippen molar-refractivity contribution < 1.29 is 9.90 Å². The van der Waals surface area contributed by atoms with E-state index in [0.717, 1.165) is 11.3 Å². The van der Waals surface area contributed by atoms with Gasteiger partial charge in [0.05, 0.1) is 20.7 Å². The standard InChI is InChI=1S/C17H20NO2/c1-18(2,16-6-4-3-5-7-16)12-17(20)15-10-8-14(13-19)9-11-15/h3-11,19H,12-13H2,1-2H3/q+1. The van der Waals surface area contributed by atoms with E-state index >= 15 is 0 Å². The van der Waals surface area contributed by atoms with Crippen LogP contribution in [0.2, 0.25) is 0 Å². The molecule has 104 valence electrons. The zero-order valence-corrected chi connectivity index (χ0v) is 11.9. The van der Waals surface area contributed by atoms with Crippen molar-refractivity contribution in [2.45, 2.75) is 6.61 Å². The SMILES string of the molecule is C[N+](C)(CC(=O)c1ccc(CO)cc1)c1ccccc1. The van der Waals surface area contributed by atoms with Crippen LogP contribution < -0.4 is 4.48 Å². The number of hydrogen-bond acceptors (Lipinski definition) is 2. The van der Waals surface area contributed by atoms with E-state index in [1.807, 2.05) is 44.4 Å². The van der Waals surface area contributed by atoms with Gasteiger partial charge >= 0.3 is 0 Å². The van der Waals surface area contributed by atoms with Gasteiger partial charge in [-0.2, -0.15) is 0 Å². The third-order valence-electron chi connectivity index (χ3n) is 3.45. The van der Waals surface area contributed by atoms with Crippen LogP contribution in [0.5, 0.6) is 0 Å². The summed E-state index contributed by atoms with van der Waals surface area (Å²) in [6.07, 6.45) is 0. The van der Waals surface area contributed by atoms with Gasteiger partial charge in [0.25, 0.3) is 0 Å². The molecule has 0 aromatic heterocycles. The molecule has 0 amide bonds. The molecule has 0 spiro atoms. The van der Waals surface area contributed by atoms with Crippen LogP contribution in [-0.4, -0.2) is 31.5 Å². The number of carbonyl (C=O) groups is 1. The van der Waals surface area contributed by atoms with E-state index in [1.165, 1.54) is 0 Å². The second-order valence-electron chi connectivity index (χ2n) is 5.46. The number of ketones is 1. The van der Waals surface area contributed by atoms with Gasteiger partial charge in [0.2, 0.25) is 5.78 Å². The lowest BCUT2D eigenvalue weighted by atomic mass is 10.1. The number of para-hydroxylation sites is 1. The van der Waals surface area contributed by atoms with Gasteiger partial charge in [-0.15, -0.1) is 0 Å². The highest BCUT2D eigenvalue weighted by molar-refractivity contribution is 5.98. The van der Waals surface area contributed by atoms with Crippen LogP contribution in [0.25, 0.3) is 0 Å². The third-order valence-corrected chi connectivity index (χ3v) is 3.45. The van der Waals surface area contributed by atoms with Crippen molar-refractivity contribution in [3.63, 3.8) is 0 Å². The van der Waals surface area contributed by atoms with Gasteiger partial charge in [0.15, 0.2) is 0 Å². The first-order valence-electron chi connectivity index (χ1n) is 6.64. The van der Waals surface area contributed by atoms with Crippen molar-refractivity contribution in [3.8, 4) is 0 Å². The Labute approximate surface area is 119 Å². The Kier molecular flexibility index (Phi) is 4.32. The summed E-state index contributed by atoms with van der Waals surface area (Å²) in [7, 11) is 4.05. The number of benzene rings is 2. The Morgan fingerprint density at radius 3 is 2.15 bits per heavy atom. The lowest BCUT2D eigenvalue weighted by Crippen LogP contribution is -2.44. The molecule has 0 saturated heterocycles. The zero-order valence-electron chi connectivity index (χ0n) is 11.9. The number of rotatable bonds is 5. The molecular formula is C17H20NO2+. The van der Waals surface area contributed by atoms with E-state index in [-0.39, 0.29) is 12.4 Å². The summed E-state index contributed by atoms with van der Waals surface area (Å²) in [5, 5.41) is 9.01. The van der Waals surface area contributed by atoms with Gasteiger partial charge in [-0.3, -0.25) is 9.28 Å². The first-order valence-corrected chi connectivity index (χ1v) is 6.64. The maximum absolute atomic E-state index is 12.4. The summed E-state index contributed by atoms with van der Waals surface area (Å²) >= 11 is 0. The van der Waals surface area contributed by atoms with Crippen LogP contribution in [0.1, 0.15) is 15.9 Å². The summed E-state index contributed by atoms with van der Waals surface area (Å²) < 4.78 is 0.515. The largest absolute Gasteiger partial charge is 0.392 e. The van der Waals surface area contributed by atoms with Gasteiger partial charge in [-0.25, -0.2) is 0 Å². The summed E-state index contributed by atoms with van der Waals surface area (Å²) in [6, 6.07) is 17.1. The Balaban J connectivity index is 2.14. The van der Waals surface area contributed by atoms with Gasteiger partial charge in [-0.05, 0) is 17.7 Å². The van der Waals surface area contributed by atoms with E-state index in [1.54, 1.807) is 24.3 Å². The molecule has 0 saturated carbocycles. The van der Waals surface area contributed by atoms with Gasteiger partial charge in [0, 0.05) is 5.56 Å². The molecule has 0 unspecified atom stereocenters. The maximum Gasteiger partial charge on any atom is 0.217 e. The summed E-state index contributed by atoms with van der Waals surface area (Å²) in [5.41, 5.74) is 2.61. The lowest BCUT2D eigenvalue weighted by molar-refractivity contribution is 0.0959. The molecule has 0 heterocycles. The number of aliphatic hydroxyl groups is 1. The maximum atomic E-state index is 12.4.